The van der Waals surface area contributed by atoms with Gasteiger partial charge in [0.1, 0.15) is 5.56 Å². The van der Waals surface area contributed by atoms with E-state index in [1.807, 2.05) is 6.26 Å². The van der Waals surface area contributed by atoms with Crippen molar-refractivity contribution in [3.8, 4) is 5.75 Å². The number of nitrogens with one attached hydrogen (secondary N) is 2. The van der Waals surface area contributed by atoms with Gasteiger partial charge in [-0.25, -0.2) is 9.59 Å². The van der Waals surface area contributed by atoms with Gasteiger partial charge < -0.3 is 20.8 Å². The van der Waals surface area contributed by atoms with Crippen LogP contribution in [0.15, 0.2) is 18.2 Å². The quantitative estimate of drug-likeness (QED) is 0.473. The summed E-state index contributed by atoms with van der Waals surface area (Å²) in [4.78, 5) is 22.3. The van der Waals surface area contributed by atoms with Gasteiger partial charge in [-0.2, -0.15) is 11.8 Å². The predicted octanol–water partition coefficient (Wildman–Crippen LogP) is 1.96. The Balaban J connectivity index is 2.59. The zero-order chi connectivity index (χ0) is 14.3. The molecule has 1 rings (SSSR count). The van der Waals surface area contributed by atoms with Crippen LogP contribution in [0.5, 0.6) is 5.75 Å². The Kier molecular flexibility index (Phi) is 6.01. The third-order valence-corrected chi connectivity index (χ3v) is 3.02. The molecule has 0 unspecified atom stereocenters. The number of hydrogen-bond donors (Lipinski definition) is 4. The highest BCUT2D eigenvalue weighted by molar-refractivity contribution is 7.98. The monoisotopic (exact) mass is 284 g/mol. The zero-order valence-corrected chi connectivity index (χ0v) is 11.3. The predicted molar refractivity (Wildman–Crippen MR) is 75.1 cm³/mol. The molecule has 4 N–H and O–H groups in total. The summed E-state index contributed by atoms with van der Waals surface area (Å²) >= 11 is 1.69. The number of urea groups is 1. The largest absolute Gasteiger partial charge is 0.505 e. The standard InChI is InChI=1S/C12H16N2O4S/c1-19-7-3-6-13-12(18)14-9-5-2-4-8(10(9)15)11(16)17/h2,4-5,15H,3,6-7H2,1H3,(H,16,17)(H2,13,14,18). The van der Waals surface area contributed by atoms with Crippen molar-refractivity contribution in [2.45, 2.75) is 6.42 Å². The van der Waals surface area contributed by atoms with Gasteiger partial charge in [0, 0.05) is 6.54 Å². The van der Waals surface area contributed by atoms with Gasteiger partial charge in [-0.3, -0.25) is 0 Å². The SMILES string of the molecule is CSCCCNC(=O)Nc1cccc(C(=O)O)c1O. The number of para-hydroxylation sites is 1. The topological polar surface area (TPSA) is 98.7 Å². The molecule has 0 spiro atoms. The molecule has 19 heavy (non-hydrogen) atoms. The molecule has 0 aliphatic heterocycles. The molecule has 0 aromatic heterocycles. The maximum Gasteiger partial charge on any atom is 0.339 e. The second-order valence-electron chi connectivity index (χ2n) is 3.73. The highest BCUT2D eigenvalue weighted by Crippen LogP contribution is 2.27. The molecule has 7 heteroatoms. The maximum absolute atomic E-state index is 11.5. The number of rotatable bonds is 6. The molecule has 1 aromatic carbocycles. The van der Waals surface area contributed by atoms with Crippen LogP contribution in [0.1, 0.15) is 16.8 Å². The van der Waals surface area contributed by atoms with Crippen molar-refractivity contribution in [1.29, 1.82) is 0 Å². The van der Waals surface area contributed by atoms with Crippen LogP contribution in [0, 0.1) is 0 Å². The summed E-state index contributed by atoms with van der Waals surface area (Å²) < 4.78 is 0. The Morgan fingerprint density at radius 2 is 2.11 bits per heavy atom. The van der Waals surface area contributed by atoms with E-state index < -0.39 is 17.7 Å². The Morgan fingerprint density at radius 3 is 2.74 bits per heavy atom. The van der Waals surface area contributed by atoms with Crippen LogP contribution < -0.4 is 10.6 Å². The van der Waals surface area contributed by atoms with Gasteiger partial charge in [-0.1, -0.05) is 6.07 Å². The molecule has 2 amide bonds. The van der Waals surface area contributed by atoms with Crippen molar-refractivity contribution in [2.24, 2.45) is 0 Å². The number of carboxylic acid groups (broad SMARTS) is 1. The Hall–Kier alpha value is -1.89. The average molecular weight is 284 g/mol. The number of hydrogen-bond acceptors (Lipinski definition) is 4. The normalized spacial score (nSPS) is 9.95. The van der Waals surface area contributed by atoms with Gasteiger partial charge in [0.2, 0.25) is 0 Å². The van der Waals surface area contributed by atoms with E-state index in [0.717, 1.165) is 12.2 Å². The highest BCUT2D eigenvalue weighted by atomic mass is 32.2. The van der Waals surface area contributed by atoms with Gasteiger partial charge >= 0.3 is 12.0 Å². The second-order valence-corrected chi connectivity index (χ2v) is 4.72. The number of amides is 2. The third kappa shape index (κ3) is 4.70. The fraction of sp³-hybridized carbons (Fsp3) is 0.333. The number of carbonyl (C=O) groups excluding carboxylic acids is 1. The lowest BCUT2D eigenvalue weighted by Crippen LogP contribution is -2.29. The molecule has 0 atom stereocenters. The van der Waals surface area contributed by atoms with Crippen LogP contribution in [-0.2, 0) is 0 Å². The second kappa shape index (κ2) is 7.52. The lowest BCUT2D eigenvalue weighted by Gasteiger charge is -2.10. The number of aromatic hydroxyl groups is 1. The molecule has 0 heterocycles. The van der Waals surface area contributed by atoms with Gasteiger partial charge in [-0.05, 0) is 30.6 Å². The summed E-state index contributed by atoms with van der Waals surface area (Å²) in [5.41, 5.74) is -0.178. The minimum Gasteiger partial charge on any atom is -0.505 e. The first-order chi connectivity index (χ1) is 9.06. The molecule has 104 valence electrons. The molecule has 0 aliphatic carbocycles. The van der Waals surface area contributed by atoms with Crippen molar-refractivity contribution >= 4 is 29.4 Å². The number of carboxylic acids is 1. The number of anilines is 1. The molecule has 0 saturated carbocycles. The molecule has 0 saturated heterocycles. The van der Waals surface area contributed by atoms with E-state index in [0.29, 0.717) is 6.54 Å². The van der Waals surface area contributed by atoms with Crippen molar-refractivity contribution in [3.63, 3.8) is 0 Å². The first kappa shape index (κ1) is 15.2. The van der Waals surface area contributed by atoms with E-state index in [1.165, 1.54) is 18.2 Å². The molecule has 0 aliphatic rings. The summed E-state index contributed by atoms with van der Waals surface area (Å²) in [5, 5.41) is 23.6. The third-order valence-electron chi connectivity index (χ3n) is 2.33. The van der Waals surface area contributed by atoms with Gasteiger partial charge in [0.15, 0.2) is 5.75 Å². The number of aromatic carboxylic acids is 1. The van der Waals surface area contributed by atoms with E-state index in [-0.39, 0.29) is 11.3 Å². The summed E-state index contributed by atoms with van der Waals surface area (Å²) in [6.45, 7) is 0.520. The van der Waals surface area contributed by atoms with E-state index in [9.17, 15) is 14.7 Å². The van der Waals surface area contributed by atoms with Gasteiger partial charge in [0.05, 0.1) is 5.69 Å². The lowest BCUT2D eigenvalue weighted by atomic mass is 10.2. The van der Waals surface area contributed by atoms with Crippen LogP contribution in [0.4, 0.5) is 10.5 Å². The number of phenols is 1. The van der Waals surface area contributed by atoms with E-state index in [1.54, 1.807) is 11.8 Å². The molecule has 0 radical (unpaired) electrons. The fourth-order valence-corrected chi connectivity index (χ4v) is 1.83. The molecular weight excluding hydrogens is 268 g/mol. The van der Waals surface area contributed by atoms with Crippen molar-refractivity contribution < 1.29 is 19.8 Å². The highest BCUT2D eigenvalue weighted by Gasteiger charge is 2.14. The Morgan fingerprint density at radius 1 is 1.37 bits per heavy atom. The Bertz CT molecular complexity index is 465. The summed E-state index contributed by atoms with van der Waals surface area (Å²) in [6, 6.07) is 3.67. The number of benzene rings is 1. The van der Waals surface area contributed by atoms with Gasteiger partial charge in [-0.15, -0.1) is 0 Å². The molecule has 1 aromatic rings. The number of thioether (sulfide) groups is 1. The minimum atomic E-state index is -1.25. The summed E-state index contributed by atoms with van der Waals surface area (Å²) in [5.74, 6) is -0.754. The van der Waals surface area contributed by atoms with Crippen LogP contribution in [0.2, 0.25) is 0 Å². The van der Waals surface area contributed by atoms with E-state index in [4.69, 9.17) is 5.11 Å². The lowest BCUT2D eigenvalue weighted by molar-refractivity contribution is 0.0694. The summed E-state index contributed by atoms with van der Waals surface area (Å²) in [6.07, 6.45) is 2.82. The van der Waals surface area contributed by atoms with Crippen molar-refractivity contribution in [3.05, 3.63) is 23.8 Å². The minimum absolute atomic E-state index is 0.0715. The first-order valence-electron chi connectivity index (χ1n) is 5.65. The van der Waals surface area contributed by atoms with Crippen LogP contribution in [0.3, 0.4) is 0 Å². The van der Waals surface area contributed by atoms with Crippen LogP contribution in [0.25, 0.3) is 0 Å². The molecule has 0 fully saturated rings. The summed E-state index contributed by atoms with van der Waals surface area (Å²) in [7, 11) is 0. The smallest absolute Gasteiger partial charge is 0.339 e. The maximum atomic E-state index is 11.5. The molecule has 6 nitrogen and oxygen atoms in total. The van der Waals surface area contributed by atoms with Crippen LogP contribution >= 0.6 is 11.8 Å². The molecular formula is C12H16N2O4S. The van der Waals surface area contributed by atoms with Crippen molar-refractivity contribution in [1.82, 2.24) is 5.32 Å². The average Bonchev–Trinajstić information content (AvgIpc) is 2.37. The van der Waals surface area contributed by atoms with E-state index in [2.05, 4.69) is 10.6 Å². The van der Waals surface area contributed by atoms with E-state index >= 15 is 0 Å². The van der Waals surface area contributed by atoms with Gasteiger partial charge in [0.25, 0.3) is 0 Å². The number of carbonyl (C=O) groups is 2. The molecule has 0 bridgehead atoms. The first-order valence-corrected chi connectivity index (χ1v) is 7.04. The van der Waals surface area contributed by atoms with Crippen LogP contribution in [-0.4, -0.2) is 40.8 Å². The van der Waals surface area contributed by atoms with Crippen molar-refractivity contribution in [2.75, 3.05) is 23.9 Å². The Labute approximate surface area is 115 Å². The fourth-order valence-electron chi connectivity index (χ4n) is 1.40. The zero-order valence-electron chi connectivity index (χ0n) is 10.5.